The van der Waals surface area contributed by atoms with Crippen LogP contribution in [0.2, 0.25) is 0 Å². The highest BCUT2D eigenvalue weighted by Gasteiger charge is 2.17. The van der Waals surface area contributed by atoms with Gasteiger partial charge in [0.2, 0.25) is 0 Å². The van der Waals surface area contributed by atoms with Crippen LogP contribution in [0.4, 0.5) is 5.00 Å². The zero-order valence-corrected chi connectivity index (χ0v) is 10.5. The van der Waals surface area contributed by atoms with Crippen molar-refractivity contribution in [3.63, 3.8) is 0 Å². The number of thiophene rings is 1. The normalized spacial score (nSPS) is 11.1. The van der Waals surface area contributed by atoms with Crippen molar-refractivity contribution in [2.45, 2.75) is 26.7 Å². The minimum absolute atomic E-state index is 0.0902. The lowest BCUT2D eigenvalue weighted by Gasteiger charge is -1.97. The second-order valence-corrected chi connectivity index (χ2v) is 4.69. The molecule has 1 atom stereocenters. The van der Waals surface area contributed by atoms with Crippen LogP contribution in [-0.4, -0.2) is 4.92 Å². The van der Waals surface area contributed by atoms with E-state index in [-0.39, 0.29) is 16.5 Å². The van der Waals surface area contributed by atoms with Gasteiger partial charge in [0, 0.05) is 5.92 Å². The van der Waals surface area contributed by atoms with Gasteiger partial charge in [-0.3, -0.25) is 10.1 Å². The molecular weight excluding hydrogens is 236 g/mol. The Morgan fingerprint density at radius 1 is 1.65 bits per heavy atom. The average Bonchev–Trinajstić information content (AvgIpc) is 2.70. The van der Waals surface area contributed by atoms with E-state index >= 15 is 0 Å². The predicted octanol–water partition coefficient (Wildman–Crippen LogP) is 3.32. The summed E-state index contributed by atoms with van der Waals surface area (Å²) in [7, 11) is 0. The lowest BCUT2D eigenvalue weighted by atomic mass is 10.1. The fourth-order valence-corrected chi connectivity index (χ4v) is 2.14. The van der Waals surface area contributed by atoms with Gasteiger partial charge in [0.15, 0.2) is 0 Å². The Bertz CT molecular complexity index is 517. The molecule has 1 aromatic heterocycles. The van der Waals surface area contributed by atoms with Crippen LogP contribution in [0.25, 0.3) is 0 Å². The highest BCUT2D eigenvalue weighted by atomic mass is 32.1. The highest BCUT2D eigenvalue weighted by molar-refractivity contribution is 7.16. The molecule has 0 amide bonds. The topological polar surface area (TPSA) is 66.9 Å². The first kappa shape index (κ1) is 13.2. The van der Waals surface area contributed by atoms with Crippen molar-refractivity contribution < 1.29 is 4.92 Å². The quantitative estimate of drug-likeness (QED) is 0.468. The number of hydrogen-bond donors (Lipinski definition) is 0. The second-order valence-electron chi connectivity index (χ2n) is 3.66. The van der Waals surface area contributed by atoms with Gasteiger partial charge in [-0.1, -0.05) is 43.4 Å². The molecule has 0 bridgehead atoms. The Balaban J connectivity index is 2.94. The van der Waals surface area contributed by atoms with E-state index in [1.165, 1.54) is 6.07 Å². The van der Waals surface area contributed by atoms with Crippen LogP contribution in [-0.2, 0) is 0 Å². The third-order valence-electron chi connectivity index (χ3n) is 2.16. The number of hydrogen-bond acceptors (Lipinski definition) is 4. The summed E-state index contributed by atoms with van der Waals surface area (Å²) in [5.74, 6) is 6.19. The Morgan fingerprint density at radius 2 is 2.35 bits per heavy atom. The zero-order valence-electron chi connectivity index (χ0n) is 9.69. The van der Waals surface area contributed by atoms with E-state index < -0.39 is 4.92 Å². The molecule has 4 nitrogen and oxygen atoms in total. The van der Waals surface area contributed by atoms with Gasteiger partial charge in [0.25, 0.3) is 0 Å². The summed E-state index contributed by atoms with van der Waals surface area (Å²) in [6.07, 6.45) is 2.06. The van der Waals surface area contributed by atoms with Crippen LogP contribution in [0, 0.1) is 39.2 Å². The molecule has 1 rings (SSSR count). The fourth-order valence-electron chi connectivity index (χ4n) is 1.36. The first-order valence-corrected chi connectivity index (χ1v) is 6.10. The van der Waals surface area contributed by atoms with Crippen LogP contribution in [0.5, 0.6) is 0 Å². The van der Waals surface area contributed by atoms with Gasteiger partial charge in [-0.05, 0) is 12.5 Å². The van der Waals surface area contributed by atoms with Crippen molar-refractivity contribution in [3.05, 3.63) is 26.6 Å². The van der Waals surface area contributed by atoms with Crippen LogP contribution in [0.3, 0.4) is 0 Å². The van der Waals surface area contributed by atoms with Crippen LogP contribution in [0.1, 0.15) is 37.1 Å². The SMILES string of the molecule is CCCC(C)C#Cc1cc(C#N)c([N+](=O)[O-])s1. The van der Waals surface area contributed by atoms with Crippen molar-refractivity contribution >= 4 is 16.3 Å². The summed E-state index contributed by atoms with van der Waals surface area (Å²) in [4.78, 5) is 10.7. The molecule has 1 aromatic rings. The second kappa shape index (κ2) is 6.03. The maximum Gasteiger partial charge on any atom is 0.343 e. The predicted molar refractivity (Wildman–Crippen MR) is 66.6 cm³/mol. The maximum atomic E-state index is 10.7. The molecule has 0 aliphatic heterocycles. The molecule has 0 N–H and O–H groups in total. The molecule has 0 aromatic carbocycles. The van der Waals surface area contributed by atoms with Gasteiger partial charge >= 0.3 is 5.00 Å². The number of rotatable bonds is 3. The summed E-state index contributed by atoms with van der Waals surface area (Å²) < 4.78 is 0. The fraction of sp³-hybridized carbons (Fsp3) is 0.417. The minimum Gasteiger partial charge on any atom is -0.258 e. The highest BCUT2D eigenvalue weighted by Crippen LogP contribution is 2.28. The van der Waals surface area contributed by atoms with E-state index in [9.17, 15) is 10.1 Å². The maximum absolute atomic E-state index is 10.7. The van der Waals surface area contributed by atoms with E-state index in [0.717, 1.165) is 24.2 Å². The van der Waals surface area contributed by atoms with Crippen molar-refractivity contribution in [3.8, 4) is 17.9 Å². The van der Waals surface area contributed by atoms with Crippen molar-refractivity contribution in [1.29, 1.82) is 5.26 Å². The summed E-state index contributed by atoms with van der Waals surface area (Å²) in [6.45, 7) is 4.10. The first-order chi connectivity index (χ1) is 8.08. The van der Waals surface area contributed by atoms with E-state index in [1.54, 1.807) is 0 Å². The molecule has 0 spiro atoms. The lowest BCUT2D eigenvalue weighted by molar-refractivity contribution is -0.380. The summed E-state index contributed by atoms with van der Waals surface area (Å²) in [5.41, 5.74) is 0.0902. The van der Waals surface area contributed by atoms with Crippen LogP contribution < -0.4 is 0 Å². The molecule has 0 saturated carbocycles. The van der Waals surface area contributed by atoms with E-state index in [0.29, 0.717) is 4.88 Å². The van der Waals surface area contributed by atoms with Gasteiger partial charge in [-0.25, -0.2) is 0 Å². The monoisotopic (exact) mass is 248 g/mol. The molecule has 0 radical (unpaired) electrons. The zero-order chi connectivity index (χ0) is 12.8. The van der Waals surface area contributed by atoms with E-state index in [1.807, 2.05) is 13.0 Å². The molecule has 0 aliphatic rings. The third kappa shape index (κ3) is 3.58. The summed E-state index contributed by atoms with van der Waals surface area (Å²) in [6, 6.07) is 3.29. The number of nitro groups is 1. The molecule has 88 valence electrons. The molecule has 0 saturated heterocycles. The Kier molecular flexibility index (Phi) is 4.68. The Morgan fingerprint density at radius 3 is 2.82 bits per heavy atom. The molecule has 0 fully saturated rings. The minimum atomic E-state index is -0.538. The summed E-state index contributed by atoms with van der Waals surface area (Å²) >= 11 is 0.957. The Hall–Kier alpha value is -1.85. The first-order valence-electron chi connectivity index (χ1n) is 5.28. The van der Waals surface area contributed by atoms with Gasteiger partial charge in [-0.2, -0.15) is 5.26 Å². The van der Waals surface area contributed by atoms with Gasteiger partial charge < -0.3 is 0 Å². The Labute approximate surface area is 104 Å². The largest absolute Gasteiger partial charge is 0.343 e. The molecule has 1 unspecified atom stereocenters. The standard InChI is InChI=1S/C12H12N2O2S/c1-3-4-9(2)5-6-11-7-10(8-13)12(17-11)14(15)16/h7,9H,3-4H2,1-2H3. The average molecular weight is 248 g/mol. The molecule has 17 heavy (non-hydrogen) atoms. The van der Waals surface area contributed by atoms with E-state index in [4.69, 9.17) is 5.26 Å². The number of nitriles is 1. The van der Waals surface area contributed by atoms with Crippen LogP contribution in [0.15, 0.2) is 6.07 Å². The number of nitrogens with zero attached hydrogens (tertiary/aromatic N) is 2. The van der Waals surface area contributed by atoms with Crippen molar-refractivity contribution in [1.82, 2.24) is 0 Å². The van der Waals surface area contributed by atoms with Crippen LogP contribution >= 0.6 is 11.3 Å². The third-order valence-corrected chi connectivity index (χ3v) is 3.16. The lowest BCUT2D eigenvalue weighted by Crippen LogP contribution is -1.87. The molecular formula is C12H12N2O2S. The van der Waals surface area contributed by atoms with Crippen molar-refractivity contribution in [2.24, 2.45) is 5.92 Å². The van der Waals surface area contributed by atoms with Gasteiger partial charge in [-0.15, -0.1) is 0 Å². The molecule has 1 heterocycles. The van der Waals surface area contributed by atoms with Gasteiger partial charge in [0.05, 0.1) is 9.80 Å². The summed E-state index contributed by atoms with van der Waals surface area (Å²) in [5, 5.41) is 19.3. The molecule has 5 heteroatoms. The smallest absolute Gasteiger partial charge is 0.258 e. The van der Waals surface area contributed by atoms with E-state index in [2.05, 4.69) is 18.8 Å². The van der Waals surface area contributed by atoms with Gasteiger partial charge in [0.1, 0.15) is 11.6 Å². The van der Waals surface area contributed by atoms with Crippen molar-refractivity contribution in [2.75, 3.05) is 0 Å². The molecule has 0 aliphatic carbocycles.